The highest BCUT2D eigenvalue weighted by atomic mass is 16.7. The summed E-state index contributed by atoms with van der Waals surface area (Å²) < 4.78 is 15.5. The summed E-state index contributed by atoms with van der Waals surface area (Å²) in [6, 6.07) is 24.0. The van der Waals surface area contributed by atoms with Crippen molar-refractivity contribution in [2.24, 2.45) is 7.05 Å². The fraction of sp³-hybridized carbons (Fsp3) is 0.394. The average molecular weight is 482 g/mol. The van der Waals surface area contributed by atoms with Crippen LogP contribution < -0.4 is 9.47 Å². The van der Waals surface area contributed by atoms with E-state index in [1.54, 1.807) is 0 Å². The summed E-state index contributed by atoms with van der Waals surface area (Å²) in [5.74, 6) is 0.956. The predicted molar refractivity (Wildman–Crippen MR) is 149 cm³/mol. The van der Waals surface area contributed by atoms with Crippen LogP contribution in [0.25, 0.3) is 10.9 Å². The van der Waals surface area contributed by atoms with Gasteiger partial charge in [0.25, 0.3) is 5.79 Å². The molecule has 3 heteroatoms. The molecule has 36 heavy (non-hydrogen) atoms. The summed E-state index contributed by atoms with van der Waals surface area (Å²) in [6.07, 6.45) is 8.44. The van der Waals surface area contributed by atoms with Crippen LogP contribution in [0, 0.1) is 0 Å². The first-order valence-corrected chi connectivity index (χ1v) is 13.5. The minimum Gasteiger partial charge on any atom is -0.444 e. The SMILES string of the molecule is CCCCC1(c2ccc(CCC)cc2)Oc2ccc(CC(C)(C)c3cn(C)c4ccccc34)cc2O1. The van der Waals surface area contributed by atoms with Crippen LogP contribution in [0.1, 0.15) is 75.6 Å². The monoisotopic (exact) mass is 481 g/mol. The molecule has 4 aromatic rings. The van der Waals surface area contributed by atoms with Gasteiger partial charge in [-0.25, -0.2) is 0 Å². The first-order valence-electron chi connectivity index (χ1n) is 13.5. The van der Waals surface area contributed by atoms with E-state index in [0.29, 0.717) is 0 Å². The molecule has 3 nitrogen and oxygen atoms in total. The molecule has 1 aliphatic rings. The highest BCUT2D eigenvalue weighted by Gasteiger charge is 2.43. The van der Waals surface area contributed by atoms with Crippen LogP contribution in [0.4, 0.5) is 0 Å². The Kier molecular flexibility index (Phi) is 6.59. The predicted octanol–water partition coefficient (Wildman–Crippen LogP) is 8.47. The number of rotatable bonds is 9. The normalized spacial score (nSPS) is 17.1. The summed E-state index contributed by atoms with van der Waals surface area (Å²) in [5, 5.41) is 1.33. The summed E-state index contributed by atoms with van der Waals surface area (Å²) in [7, 11) is 2.13. The Bertz CT molecular complexity index is 1350. The van der Waals surface area contributed by atoms with Crippen molar-refractivity contribution in [1.82, 2.24) is 4.57 Å². The zero-order valence-electron chi connectivity index (χ0n) is 22.4. The van der Waals surface area contributed by atoms with Crippen LogP contribution in [0.5, 0.6) is 11.5 Å². The molecule has 188 valence electrons. The highest BCUT2D eigenvalue weighted by Crippen LogP contribution is 2.47. The van der Waals surface area contributed by atoms with E-state index in [1.165, 1.54) is 27.6 Å². The van der Waals surface area contributed by atoms with Crippen molar-refractivity contribution in [2.75, 3.05) is 0 Å². The maximum atomic E-state index is 6.69. The lowest BCUT2D eigenvalue weighted by Crippen LogP contribution is -2.35. The quantitative estimate of drug-likeness (QED) is 0.239. The molecule has 0 bridgehead atoms. The van der Waals surface area contributed by atoms with E-state index in [0.717, 1.165) is 55.6 Å². The Balaban J connectivity index is 1.42. The molecule has 0 fully saturated rings. The molecule has 1 aliphatic heterocycles. The second kappa shape index (κ2) is 9.69. The zero-order chi connectivity index (χ0) is 25.3. The van der Waals surface area contributed by atoms with Crippen molar-refractivity contribution in [3.63, 3.8) is 0 Å². The van der Waals surface area contributed by atoms with Gasteiger partial charge in [-0.15, -0.1) is 0 Å². The van der Waals surface area contributed by atoms with E-state index in [4.69, 9.17) is 9.47 Å². The van der Waals surface area contributed by atoms with Crippen molar-refractivity contribution in [2.45, 2.75) is 77.4 Å². The Morgan fingerprint density at radius 3 is 2.31 bits per heavy atom. The lowest BCUT2D eigenvalue weighted by Gasteiger charge is -2.28. The molecule has 0 saturated heterocycles. The van der Waals surface area contributed by atoms with Crippen LogP contribution in [-0.4, -0.2) is 4.57 Å². The van der Waals surface area contributed by atoms with Gasteiger partial charge in [-0.3, -0.25) is 0 Å². The minimum absolute atomic E-state index is 0.0248. The summed E-state index contributed by atoms with van der Waals surface area (Å²) in [4.78, 5) is 0. The Morgan fingerprint density at radius 2 is 1.56 bits per heavy atom. The number of hydrogen-bond acceptors (Lipinski definition) is 2. The number of benzene rings is 3. The van der Waals surface area contributed by atoms with Crippen LogP contribution in [0.15, 0.2) is 72.9 Å². The van der Waals surface area contributed by atoms with E-state index in [-0.39, 0.29) is 5.41 Å². The largest absolute Gasteiger partial charge is 0.444 e. The minimum atomic E-state index is -0.743. The number of hydrogen-bond donors (Lipinski definition) is 0. The van der Waals surface area contributed by atoms with Crippen molar-refractivity contribution in [3.05, 3.63) is 95.2 Å². The zero-order valence-corrected chi connectivity index (χ0v) is 22.4. The third-order valence-corrected chi connectivity index (χ3v) is 7.62. The molecule has 0 N–H and O–H groups in total. The second-order valence-electron chi connectivity index (χ2n) is 11.0. The molecule has 1 aromatic heterocycles. The molecule has 5 rings (SSSR count). The van der Waals surface area contributed by atoms with Crippen LogP contribution >= 0.6 is 0 Å². The smallest absolute Gasteiger partial charge is 0.278 e. The molecule has 1 atom stereocenters. The van der Waals surface area contributed by atoms with Gasteiger partial charge < -0.3 is 14.0 Å². The molecule has 2 heterocycles. The Morgan fingerprint density at radius 1 is 0.833 bits per heavy atom. The standard InChI is InChI=1S/C33H39NO2/c1-6-8-20-33(26-17-14-24(11-7-2)15-18-26)35-30-19-16-25(21-31(30)36-33)22-32(3,4)28-23-34(5)29-13-10-9-12-27(28)29/h9-10,12-19,21,23H,6-8,11,20,22H2,1-5H3. The molecule has 0 radical (unpaired) electrons. The third kappa shape index (κ3) is 4.52. The molecule has 0 saturated carbocycles. The van der Waals surface area contributed by atoms with Gasteiger partial charge in [0.05, 0.1) is 0 Å². The molecule has 0 amide bonds. The topological polar surface area (TPSA) is 23.4 Å². The van der Waals surface area contributed by atoms with Crippen molar-refractivity contribution in [3.8, 4) is 11.5 Å². The van der Waals surface area contributed by atoms with E-state index in [9.17, 15) is 0 Å². The van der Waals surface area contributed by atoms with E-state index < -0.39 is 5.79 Å². The Labute approximate surface area is 216 Å². The van der Waals surface area contributed by atoms with Crippen molar-refractivity contribution in [1.29, 1.82) is 0 Å². The number of aryl methyl sites for hydroxylation is 2. The number of unbranched alkanes of at least 4 members (excludes halogenated alkanes) is 1. The van der Waals surface area contributed by atoms with Crippen molar-refractivity contribution < 1.29 is 9.47 Å². The molecule has 0 spiro atoms. The van der Waals surface area contributed by atoms with E-state index in [2.05, 4.69) is 112 Å². The summed E-state index contributed by atoms with van der Waals surface area (Å²) in [5.41, 5.74) is 6.35. The highest BCUT2D eigenvalue weighted by molar-refractivity contribution is 5.85. The second-order valence-corrected chi connectivity index (χ2v) is 11.0. The molecule has 0 aliphatic carbocycles. The van der Waals surface area contributed by atoms with Gasteiger partial charge in [-0.1, -0.05) is 89.1 Å². The maximum Gasteiger partial charge on any atom is 0.278 e. The maximum absolute atomic E-state index is 6.69. The van der Waals surface area contributed by atoms with Gasteiger partial charge in [0.15, 0.2) is 11.5 Å². The first kappa shape index (κ1) is 24.5. The van der Waals surface area contributed by atoms with Gasteiger partial charge in [-0.05, 0) is 59.6 Å². The fourth-order valence-corrected chi connectivity index (χ4v) is 5.68. The van der Waals surface area contributed by atoms with E-state index in [1.807, 2.05) is 0 Å². The van der Waals surface area contributed by atoms with E-state index >= 15 is 0 Å². The van der Waals surface area contributed by atoms with Gasteiger partial charge >= 0.3 is 0 Å². The summed E-state index contributed by atoms with van der Waals surface area (Å²) in [6.45, 7) is 9.11. The van der Waals surface area contributed by atoms with Gasteiger partial charge in [0.2, 0.25) is 0 Å². The number of aromatic nitrogens is 1. The average Bonchev–Trinajstić information content (AvgIpc) is 3.42. The molecular formula is C33H39NO2. The van der Waals surface area contributed by atoms with Gasteiger partial charge in [0.1, 0.15) is 0 Å². The molecular weight excluding hydrogens is 442 g/mol. The van der Waals surface area contributed by atoms with Crippen LogP contribution in [0.3, 0.4) is 0 Å². The summed E-state index contributed by atoms with van der Waals surface area (Å²) >= 11 is 0. The lowest BCUT2D eigenvalue weighted by molar-refractivity contribution is -0.0944. The van der Waals surface area contributed by atoms with Crippen LogP contribution in [0.2, 0.25) is 0 Å². The van der Waals surface area contributed by atoms with Crippen molar-refractivity contribution >= 4 is 10.9 Å². The number of ether oxygens (including phenoxy) is 2. The number of fused-ring (bicyclic) bond motifs is 2. The number of nitrogens with zero attached hydrogens (tertiary/aromatic N) is 1. The first-order chi connectivity index (χ1) is 17.3. The van der Waals surface area contributed by atoms with Gasteiger partial charge in [0, 0.05) is 36.1 Å². The Hall–Kier alpha value is -3.20. The fourth-order valence-electron chi connectivity index (χ4n) is 5.68. The lowest BCUT2D eigenvalue weighted by atomic mass is 9.79. The molecule has 1 unspecified atom stereocenters. The van der Waals surface area contributed by atoms with Gasteiger partial charge in [-0.2, -0.15) is 0 Å². The third-order valence-electron chi connectivity index (χ3n) is 7.62. The molecule has 3 aromatic carbocycles. The number of para-hydroxylation sites is 1. The van der Waals surface area contributed by atoms with Crippen LogP contribution in [-0.2, 0) is 31.1 Å².